The number of anilines is 3. The van der Waals surface area contributed by atoms with Gasteiger partial charge in [0.05, 0.1) is 16.1 Å². The number of nitrogen functional groups attached to an aromatic ring is 1. The molecule has 7 heteroatoms. The minimum absolute atomic E-state index is 0.366. The maximum Gasteiger partial charge on any atom is 0.240 e. The predicted octanol–water partition coefficient (Wildman–Crippen LogP) is 3.68. The van der Waals surface area contributed by atoms with Crippen LogP contribution in [0.2, 0.25) is 5.02 Å². The van der Waals surface area contributed by atoms with E-state index in [1.54, 1.807) is 0 Å². The lowest BCUT2D eigenvalue weighted by Gasteiger charge is -2.10. The van der Waals surface area contributed by atoms with Crippen molar-refractivity contribution in [2.24, 2.45) is 5.84 Å². The normalized spacial score (nSPS) is 10.8. The van der Waals surface area contributed by atoms with Gasteiger partial charge in [0.1, 0.15) is 10.6 Å². The molecular formula is C13H12ClN5S. The summed E-state index contributed by atoms with van der Waals surface area (Å²) in [5, 5.41) is 6.77. The average molecular weight is 306 g/mol. The highest BCUT2D eigenvalue weighted by atomic mass is 35.5. The SMILES string of the molecule is Cc1ccc(Nc2nc(NN)nc3sccc23)c(Cl)c1. The maximum atomic E-state index is 6.23. The molecule has 20 heavy (non-hydrogen) atoms. The number of nitrogens with one attached hydrogen (secondary N) is 2. The topological polar surface area (TPSA) is 75.9 Å². The van der Waals surface area contributed by atoms with E-state index >= 15 is 0 Å². The molecule has 0 saturated carbocycles. The molecule has 5 nitrogen and oxygen atoms in total. The summed E-state index contributed by atoms with van der Waals surface area (Å²) >= 11 is 7.76. The van der Waals surface area contributed by atoms with Crippen LogP contribution in [0, 0.1) is 6.92 Å². The fourth-order valence-corrected chi connectivity index (χ4v) is 2.91. The lowest BCUT2D eigenvalue weighted by atomic mass is 10.2. The Labute approximate surface area is 124 Å². The second-order valence-corrected chi connectivity index (χ2v) is 5.59. The molecule has 3 rings (SSSR count). The quantitative estimate of drug-likeness (QED) is 0.508. The van der Waals surface area contributed by atoms with E-state index in [4.69, 9.17) is 17.4 Å². The minimum atomic E-state index is 0.366. The number of hydrazine groups is 1. The molecule has 2 heterocycles. The Bertz CT molecular complexity index is 771. The highest BCUT2D eigenvalue weighted by molar-refractivity contribution is 7.16. The van der Waals surface area contributed by atoms with Gasteiger partial charge in [0.15, 0.2) is 0 Å². The van der Waals surface area contributed by atoms with Gasteiger partial charge in [-0.25, -0.2) is 10.8 Å². The lowest BCUT2D eigenvalue weighted by Crippen LogP contribution is -2.11. The summed E-state index contributed by atoms with van der Waals surface area (Å²) < 4.78 is 0. The highest BCUT2D eigenvalue weighted by Gasteiger charge is 2.10. The summed E-state index contributed by atoms with van der Waals surface area (Å²) in [5.74, 6) is 6.44. The first kappa shape index (κ1) is 13.1. The number of nitrogens with zero attached hydrogens (tertiary/aromatic N) is 2. The summed E-state index contributed by atoms with van der Waals surface area (Å²) in [7, 11) is 0. The van der Waals surface area contributed by atoms with Crippen molar-refractivity contribution < 1.29 is 0 Å². The van der Waals surface area contributed by atoms with Gasteiger partial charge in [0.2, 0.25) is 5.95 Å². The van der Waals surface area contributed by atoms with Crippen molar-refractivity contribution in [1.82, 2.24) is 9.97 Å². The first-order chi connectivity index (χ1) is 9.67. The van der Waals surface area contributed by atoms with Crippen molar-refractivity contribution >= 4 is 50.6 Å². The molecule has 102 valence electrons. The second-order valence-electron chi connectivity index (χ2n) is 4.29. The van der Waals surface area contributed by atoms with Gasteiger partial charge in [-0.15, -0.1) is 11.3 Å². The van der Waals surface area contributed by atoms with Gasteiger partial charge in [0, 0.05) is 0 Å². The lowest BCUT2D eigenvalue weighted by molar-refractivity contribution is 1.16. The Morgan fingerprint density at radius 2 is 2.10 bits per heavy atom. The van der Waals surface area contributed by atoms with Crippen LogP contribution in [0.3, 0.4) is 0 Å². The van der Waals surface area contributed by atoms with Gasteiger partial charge in [0.25, 0.3) is 0 Å². The smallest absolute Gasteiger partial charge is 0.240 e. The molecular weight excluding hydrogens is 294 g/mol. The van der Waals surface area contributed by atoms with Gasteiger partial charge in [-0.05, 0) is 36.1 Å². The summed E-state index contributed by atoms with van der Waals surface area (Å²) in [4.78, 5) is 9.49. The number of hydrogen-bond donors (Lipinski definition) is 3. The van der Waals surface area contributed by atoms with Crippen LogP contribution in [-0.4, -0.2) is 9.97 Å². The summed E-state index contributed by atoms with van der Waals surface area (Å²) in [5.41, 5.74) is 4.37. The molecule has 1 aromatic carbocycles. The number of thiophene rings is 1. The number of nitrogens with two attached hydrogens (primary N) is 1. The first-order valence-corrected chi connectivity index (χ1v) is 7.18. The van der Waals surface area contributed by atoms with Crippen LogP contribution in [0.5, 0.6) is 0 Å². The zero-order chi connectivity index (χ0) is 14.1. The van der Waals surface area contributed by atoms with Crippen molar-refractivity contribution in [3.63, 3.8) is 0 Å². The average Bonchev–Trinajstić information content (AvgIpc) is 2.90. The van der Waals surface area contributed by atoms with Crippen molar-refractivity contribution in [2.75, 3.05) is 10.7 Å². The van der Waals surface area contributed by atoms with E-state index in [1.165, 1.54) is 11.3 Å². The number of rotatable bonds is 3. The van der Waals surface area contributed by atoms with Crippen molar-refractivity contribution in [1.29, 1.82) is 0 Å². The Kier molecular flexibility index (Phi) is 3.43. The first-order valence-electron chi connectivity index (χ1n) is 5.92. The third kappa shape index (κ3) is 2.40. The standard InChI is InChI=1S/C13H12ClN5S/c1-7-2-3-10(9(14)6-7)16-11-8-4-5-20-12(8)18-13(17-11)19-15/h2-6H,15H2,1H3,(H2,16,17,18,19). The predicted molar refractivity (Wildman–Crippen MR) is 84.7 cm³/mol. The van der Waals surface area contributed by atoms with Crippen molar-refractivity contribution in [2.45, 2.75) is 6.92 Å². The van der Waals surface area contributed by atoms with Gasteiger partial charge in [-0.1, -0.05) is 17.7 Å². The molecule has 0 saturated heterocycles. The van der Waals surface area contributed by atoms with Gasteiger partial charge in [-0.2, -0.15) is 4.98 Å². The molecule has 2 aromatic heterocycles. The van der Waals surface area contributed by atoms with E-state index in [-0.39, 0.29) is 0 Å². The Morgan fingerprint density at radius 3 is 2.85 bits per heavy atom. The summed E-state index contributed by atoms with van der Waals surface area (Å²) in [6, 6.07) is 7.78. The second kappa shape index (κ2) is 5.24. The van der Waals surface area contributed by atoms with Crippen LogP contribution < -0.4 is 16.6 Å². The number of fused-ring (bicyclic) bond motifs is 1. The Morgan fingerprint density at radius 1 is 1.25 bits per heavy atom. The van der Waals surface area contributed by atoms with Crippen molar-refractivity contribution in [3.8, 4) is 0 Å². The van der Waals surface area contributed by atoms with Crippen LogP contribution in [0.1, 0.15) is 5.56 Å². The number of aromatic nitrogens is 2. The molecule has 0 bridgehead atoms. The molecule has 0 aliphatic heterocycles. The summed E-state index contributed by atoms with van der Waals surface area (Å²) in [6.45, 7) is 1.99. The monoisotopic (exact) mass is 305 g/mol. The molecule has 0 aliphatic carbocycles. The van der Waals surface area contributed by atoms with E-state index in [1.807, 2.05) is 36.6 Å². The fraction of sp³-hybridized carbons (Fsp3) is 0.0769. The third-order valence-electron chi connectivity index (χ3n) is 2.83. The van der Waals surface area contributed by atoms with Gasteiger partial charge in [-0.3, -0.25) is 5.43 Å². The fourth-order valence-electron chi connectivity index (χ4n) is 1.86. The van der Waals surface area contributed by atoms with E-state index in [0.717, 1.165) is 21.5 Å². The van der Waals surface area contributed by atoms with E-state index in [0.29, 0.717) is 16.8 Å². The Hall–Kier alpha value is -1.89. The maximum absolute atomic E-state index is 6.23. The Balaban J connectivity index is 2.07. The van der Waals surface area contributed by atoms with Crippen molar-refractivity contribution in [3.05, 3.63) is 40.2 Å². The van der Waals surface area contributed by atoms with Crippen LogP contribution in [0.15, 0.2) is 29.6 Å². The molecule has 0 unspecified atom stereocenters. The molecule has 4 N–H and O–H groups in total. The largest absolute Gasteiger partial charge is 0.338 e. The van der Waals surface area contributed by atoms with Crippen LogP contribution in [0.4, 0.5) is 17.5 Å². The van der Waals surface area contributed by atoms with E-state index in [9.17, 15) is 0 Å². The summed E-state index contributed by atoms with van der Waals surface area (Å²) in [6.07, 6.45) is 0. The molecule has 3 aromatic rings. The molecule has 0 spiro atoms. The number of halogens is 1. The molecule has 0 atom stereocenters. The molecule has 0 aliphatic rings. The molecule has 0 fully saturated rings. The van der Waals surface area contributed by atoms with Crippen LogP contribution >= 0.6 is 22.9 Å². The van der Waals surface area contributed by atoms with Gasteiger partial charge >= 0.3 is 0 Å². The number of aryl methyl sites for hydroxylation is 1. The zero-order valence-electron chi connectivity index (χ0n) is 10.6. The highest BCUT2D eigenvalue weighted by Crippen LogP contribution is 2.31. The number of benzene rings is 1. The minimum Gasteiger partial charge on any atom is -0.338 e. The molecule has 0 radical (unpaired) electrons. The van der Waals surface area contributed by atoms with Crippen LogP contribution in [-0.2, 0) is 0 Å². The van der Waals surface area contributed by atoms with E-state index < -0.39 is 0 Å². The third-order valence-corrected chi connectivity index (χ3v) is 3.95. The zero-order valence-corrected chi connectivity index (χ0v) is 12.2. The van der Waals surface area contributed by atoms with Gasteiger partial charge < -0.3 is 5.32 Å². The van der Waals surface area contributed by atoms with Crippen LogP contribution in [0.25, 0.3) is 10.2 Å². The van der Waals surface area contributed by atoms with E-state index in [2.05, 4.69) is 20.7 Å². The number of hydrogen-bond acceptors (Lipinski definition) is 6. The molecule has 0 amide bonds.